The minimum absolute atomic E-state index is 0.307. The lowest BCUT2D eigenvalue weighted by molar-refractivity contribution is -0.137. The van der Waals surface area contributed by atoms with Gasteiger partial charge in [-0.1, -0.05) is 6.42 Å². The lowest BCUT2D eigenvalue weighted by atomic mass is 10.1. The van der Waals surface area contributed by atoms with Crippen molar-refractivity contribution in [3.63, 3.8) is 0 Å². The van der Waals surface area contributed by atoms with Crippen LogP contribution in [0, 0.1) is 0 Å². The van der Waals surface area contributed by atoms with Gasteiger partial charge in [-0.15, -0.1) is 0 Å². The van der Waals surface area contributed by atoms with Crippen molar-refractivity contribution in [1.82, 2.24) is 4.90 Å². The summed E-state index contributed by atoms with van der Waals surface area (Å²) in [4.78, 5) is 12.7. The fourth-order valence-corrected chi connectivity index (χ4v) is 2.12. The van der Waals surface area contributed by atoms with Crippen molar-refractivity contribution in [3.8, 4) is 0 Å². The zero-order chi connectivity index (χ0) is 11.8. The third-order valence-electron chi connectivity index (χ3n) is 3.22. The highest BCUT2D eigenvalue weighted by molar-refractivity contribution is 5.66. The van der Waals surface area contributed by atoms with Crippen molar-refractivity contribution in [3.05, 3.63) is 0 Å². The van der Waals surface area contributed by atoms with Crippen LogP contribution in [0.15, 0.2) is 0 Å². The first-order valence-corrected chi connectivity index (χ1v) is 6.20. The summed E-state index contributed by atoms with van der Waals surface area (Å²) in [6.07, 6.45) is 5.48. The van der Waals surface area contributed by atoms with Crippen LogP contribution in [0.2, 0.25) is 0 Å². The van der Waals surface area contributed by atoms with Gasteiger partial charge in [0.25, 0.3) is 0 Å². The number of ether oxygens (including phenoxy) is 1. The molecule has 0 saturated carbocycles. The van der Waals surface area contributed by atoms with Crippen LogP contribution in [0.5, 0.6) is 0 Å². The van der Waals surface area contributed by atoms with E-state index in [9.17, 15) is 4.79 Å². The van der Waals surface area contributed by atoms with Crippen molar-refractivity contribution in [2.24, 2.45) is 0 Å². The molecule has 1 N–H and O–H groups in total. The fourth-order valence-electron chi connectivity index (χ4n) is 2.12. The maximum atomic E-state index is 10.3. The van der Waals surface area contributed by atoms with Gasteiger partial charge in [-0.05, 0) is 39.3 Å². The van der Waals surface area contributed by atoms with Crippen molar-refractivity contribution >= 4 is 5.97 Å². The summed E-state index contributed by atoms with van der Waals surface area (Å²) in [7, 11) is 2.16. The molecule has 1 heterocycles. The Kier molecular flexibility index (Phi) is 6.42. The Morgan fingerprint density at radius 1 is 1.31 bits per heavy atom. The number of rotatable bonds is 7. The molecule has 0 bridgehead atoms. The van der Waals surface area contributed by atoms with Gasteiger partial charge < -0.3 is 14.7 Å². The van der Waals surface area contributed by atoms with Crippen LogP contribution >= 0.6 is 0 Å². The molecular formula is C12H23NO3. The minimum atomic E-state index is -0.683. The summed E-state index contributed by atoms with van der Waals surface area (Å²) < 4.78 is 5.33. The van der Waals surface area contributed by atoms with E-state index in [0.717, 1.165) is 51.9 Å². The van der Waals surface area contributed by atoms with E-state index in [0.29, 0.717) is 12.5 Å². The number of carbonyl (C=O) groups is 1. The molecule has 4 nitrogen and oxygen atoms in total. The number of hydrogen-bond donors (Lipinski definition) is 1. The first-order valence-electron chi connectivity index (χ1n) is 6.20. The molecule has 1 rings (SSSR count). The molecule has 0 atom stereocenters. The third-order valence-corrected chi connectivity index (χ3v) is 3.22. The molecule has 0 radical (unpaired) electrons. The highest BCUT2D eigenvalue weighted by Crippen LogP contribution is 2.13. The first kappa shape index (κ1) is 13.5. The molecule has 0 aromatic carbocycles. The zero-order valence-corrected chi connectivity index (χ0v) is 10.2. The second-order valence-electron chi connectivity index (χ2n) is 4.53. The fraction of sp³-hybridized carbons (Fsp3) is 0.917. The summed E-state index contributed by atoms with van der Waals surface area (Å²) >= 11 is 0. The standard InChI is InChI=1S/C12H23NO3/c1-13(11-6-9-16-10-7-11)8-4-2-3-5-12(14)15/h11H,2-10H2,1H3,(H,14,15). The van der Waals surface area contributed by atoms with Gasteiger partial charge in [-0.2, -0.15) is 0 Å². The quantitative estimate of drug-likeness (QED) is 0.676. The Morgan fingerprint density at radius 3 is 2.62 bits per heavy atom. The molecule has 0 aromatic heterocycles. The molecule has 94 valence electrons. The van der Waals surface area contributed by atoms with Crippen LogP contribution in [-0.4, -0.2) is 48.8 Å². The molecule has 1 aliphatic rings. The number of unbranched alkanes of at least 4 members (excludes halogenated alkanes) is 2. The summed E-state index contributed by atoms with van der Waals surface area (Å²) in [6.45, 7) is 2.84. The van der Waals surface area contributed by atoms with Gasteiger partial charge in [0, 0.05) is 25.7 Å². The Bertz CT molecular complexity index is 202. The number of aliphatic carboxylic acids is 1. The number of carboxylic acid groups (broad SMARTS) is 1. The third kappa shape index (κ3) is 5.47. The van der Waals surface area contributed by atoms with E-state index in [4.69, 9.17) is 9.84 Å². The highest BCUT2D eigenvalue weighted by Gasteiger charge is 2.17. The predicted molar refractivity (Wildman–Crippen MR) is 62.6 cm³/mol. The molecule has 1 saturated heterocycles. The number of nitrogens with zero attached hydrogens (tertiary/aromatic N) is 1. The summed E-state index contributed by atoms with van der Waals surface area (Å²) in [5.74, 6) is -0.683. The number of carboxylic acids is 1. The lowest BCUT2D eigenvalue weighted by Gasteiger charge is -2.31. The second kappa shape index (κ2) is 7.63. The minimum Gasteiger partial charge on any atom is -0.481 e. The van der Waals surface area contributed by atoms with Gasteiger partial charge in [0.2, 0.25) is 0 Å². The highest BCUT2D eigenvalue weighted by atomic mass is 16.5. The van der Waals surface area contributed by atoms with Crippen LogP contribution in [0.25, 0.3) is 0 Å². The van der Waals surface area contributed by atoms with E-state index in [1.54, 1.807) is 0 Å². The van der Waals surface area contributed by atoms with Crippen molar-refractivity contribution in [2.45, 2.75) is 44.6 Å². The molecule has 0 aromatic rings. The van der Waals surface area contributed by atoms with Gasteiger partial charge in [-0.3, -0.25) is 4.79 Å². The monoisotopic (exact) mass is 229 g/mol. The van der Waals surface area contributed by atoms with E-state index in [-0.39, 0.29) is 0 Å². The molecule has 0 spiro atoms. The van der Waals surface area contributed by atoms with Crippen LogP contribution in [-0.2, 0) is 9.53 Å². The Balaban J connectivity index is 2.00. The SMILES string of the molecule is CN(CCCCCC(=O)O)C1CCOCC1. The van der Waals surface area contributed by atoms with E-state index >= 15 is 0 Å². The van der Waals surface area contributed by atoms with E-state index in [1.165, 1.54) is 0 Å². The van der Waals surface area contributed by atoms with E-state index in [2.05, 4.69) is 11.9 Å². The Labute approximate surface area is 97.6 Å². The molecule has 0 unspecified atom stereocenters. The molecule has 1 aliphatic heterocycles. The maximum absolute atomic E-state index is 10.3. The van der Waals surface area contributed by atoms with Gasteiger partial charge in [0.1, 0.15) is 0 Å². The van der Waals surface area contributed by atoms with E-state index < -0.39 is 5.97 Å². The maximum Gasteiger partial charge on any atom is 0.303 e. The average molecular weight is 229 g/mol. The second-order valence-corrected chi connectivity index (χ2v) is 4.53. The van der Waals surface area contributed by atoms with Gasteiger partial charge in [-0.25, -0.2) is 0 Å². The normalized spacial score (nSPS) is 17.9. The van der Waals surface area contributed by atoms with Crippen molar-refractivity contribution < 1.29 is 14.6 Å². The smallest absolute Gasteiger partial charge is 0.303 e. The van der Waals surface area contributed by atoms with Crippen molar-refractivity contribution in [2.75, 3.05) is 26.8 Å². The Morgan fingerprint density at radius 2 is 2.00 bits per heavy atom. The Hall–Kier alpha value is -0.610. The molecule has 0 amide bonds. The van der Waals surface area contributed by atoms with Gasteiger partial charge in [0.15, 0.2) is 0 Å². The molecule has 0 aliphatic carbocycles. The number of hydrogen-bond acceptors (Lipinski definition) is 3. The topological polar surface area (TPSA) is 49.8 Å². The molecule has 1 fully saturated rings. The molecule has 16 heavy (non-hydrogen) atoms. The van der Waals surface area contributed by atoms with Crippen LogP contribution < -0.4 is 0 Å². The van der Waals surface area contributed by atoms with E-state index in [1.807, 2.05) is 0 Å². The van der Waals surface area contributed by atoms with Crippen LogP contribution in [0.1, 0.15) is 38.5 Å². The largest absolute Gasteiger partial charge is 0.481 e. The molecule has 4 heteroatoms. The summed E-state index contributed by atoms with van der Waals surface area (Å²) in [5.41, 5.74) is 0. The first-order chi connectivity index (χ1) is 7.70. The van der Waals surface area contributed by atoms with Gasteiger partial charge >= 0.3 is 5.97 Å². The van der Waals surface area contributed by atoms with Gasteiger partial charge in [0.05, 0.1) is 0 Å². The molecular weight excluding hydrogens is 206 g/mol. The van der Waals surface area contributed by atoms with Crippen molar-refractivity contribution in [1.29, 1.82) is 0 Å². The lowest BCUT2D eigenvalue weighted by Crippen LogP contribution is -2.37. The van der Waals surface area contributed by atoms with Crippen LogP contribution in [0.3, 0.4) is 0 Å². The average Bonchev–Trinajstić information content (AvgIpc) is 2.29. The zero-order valence-electron chi connectivity index (χ0n) is 10.2. The summed E-state index contributed by atoms with van der Waals surface area (Å²) in [6, 6.07) is 0.660. The van der Waals surface area contributed by atoms with Crippen LogP contribution in [0.4, 0.5) is 0 Å². The summed E-state index contributed by atoms with van der Waals surface area (Å²) in [5, 5.41) is 8.50. The predicted octanol–water partition coefficient (Wildman–Crippen LogP) is 1.74.